The molecule has 0 saturated heterocycles. The summed E-state index contributed by atoms with van der Waals surface area (Å²) in [5.41, 5.74) is 9.08. The molecule has 0 atom stereocenters. The zero-order valence-corrected chi connectivity index (χ0v) is 15.3. The molecule has 26 heavy (non-hydrogen) atoms. The molecule has 0 unspecified atom stereocenters. The minimum Gasteiger partial charge on any atom is -0.444 e. The van der Waals surface area contributed by atoms with Crippen molar-refractivity contribution in [3.63, 3.8) is 0 Å². The third-order valence-corrected chi connectivity index (χ3v) is 4.25. The molecule has 6 nitrogen and oxygen atoms in total. The molecule has 2 N–H and O–H groups in total. The summed E-state index contributed by atoms with van der Waals surface area (Å²) in [7, 11) is 0. The van der Waals surface area contributed by atoms with E-state index in [2.05, 4.69) is 11.1 Å². The standard InChI is InChI=1S/C20H23N3O3/c1-20(2,3)26-19(25)23-10-9-13-5-4-6-15(16(13)12-23)17-8-7-14(11-22-17)18(21)24/h4-8,11H,9-10,12H2,1-3H3,(H2,21,24). The van der Waals surface area contributed by atoms with Gasteiger partial charge in [0.2, 0.25) is 5.91 Å². The number of hydrogen-bond acceptors (Lipinski definition) is 4. The van der Waals surface area contributed by atoms with Crippen molar-refractivity contribution < 1.29 is 14.3 Å². The largest absolute Gasteiger partial charge is 0.444 e. The number of amides is 2. The number of nitrogens with two attached hydrogens (primary N) is 1. The van der Waals surface area contributed by atoms with E-state index in [-0.39, 0.29) is 6.09 Å². The lowest BCUT2D eigenvalue weighted by Gasteiger charge is -2.32. The molecule has 2 aromatic rings. The number of primary amides is 1. The molecule has 0 aliphatic carbocycles. The first-order valence-electron chi connectivity index (χ1n) is 8.59. The van der Waals surface area contributed by atoms with Gasteiger partial charge in [-0.15, -0.1) is 0 Å². The molecule has 2 amide bonds. The van der Waals surface area contributed by atoms with Gasteiger partial charge in [0, 0.05) is 24.8 Å². The summed E-state index contributed by atoms with van der Waals surface area (Å²) in [5.74, 6) is -0.504. The number of fused-ring (bicyclic) bond motifs is 1. The van der Waals surface area contributed by atoms with Crippen molar-refractivity contribution in [1.82, 2.24) is 9.88 Å². The van der Waals surface area contributed by atoms with Crippen LogP contribution in [0.3, 0.4) is 0 Å². The normalized spacial score (nSPS) is 13.9. The number of benzene rings is 1. The number of hydrogen-bond donors (Lipinski definition) is 1. The van der Waals surface area contributed by atoms with Gasteiger partial charge in [-0.05, 0) is 50.5 Å². The van der Waals surface area contributed by atoms with E-state index in [1.807, 2.05) is 32.9 Å². The van der Waals surface area contributed by atoms with E-state index in [0.717, 1.165) is 23.2 Å². The van der Waals surface area contributed by atoms with Gasteiger partial charge in [0.05, 0.1) is 11.3 Å². The van der Waals surface area contributed by atoms with Crippen LogP contribution in [0.25, 0.3) is 11.3 Å². The van der Waals surface area contributed by atoms with Gasteiger partial charge in [0.15, 0.2) is 0 Å². The lowest BCUT2D eigenvalue weighted by Crippen LogP contribution is -2.40. The van der Waals surface area contributed by atoms with E-state index in [4.69, 9.17) is 10.5 Å². The maximum absolute atomic E-state index is 12.4. The van der Waals surface area contributed by atoms with Crippen LogP contribution in [-0.4, -0.2) is 34.0 Å². The predicted molar refractivity (Wildman–Crippen MR) is 98.5 cm³/mol. The molecule has 0 spiro atoms. The Labute approximate surface area is 153 Å². The molecule has 0 saturated carbocycles. The van der Waals surface area contributed by atoms with Crippen molar-refractivity contribution in [3.05, 3.63) is 53.2 Å². The Kier molecular flexibility index (Phi) is 4.68. The average Bonchev–Trinajstić information content (AvgIpc) is 2.59. The van der Waals surface area contributed by atoms with Gasteiger partial charge in [-0.1, -0.05) is 18.2 Å². The number of pyridine rings is 1. The minimum absolute atomic E-state index is 0.310. The molecule has 0 bridgehead atoms. The molecule has 0 fully saturated rings. The zero-order valence-electron chi connectivity index (χ0n) is 15.3. The fourth-order valence-electron chi connectivity index (χ4n) is 3.00. The molecular weight excluding hydrogens is 330 g/mol. The molecule has 2 heterocycles. The molecule has 1 aromatic heterocycles. The lowest BCUT2D eigenvalue weighted by atomic mass is 9.93. The SMILES string of the molecule is CC(C)(C)OC(=O)N1CCc2cccc(-c3ccc(C(N)=O)cn3)c2C1. The third-order valence-electron chi connectivity index (χ3n) is 4.25. The number of carbonyl (C=O) groups is 2. The minimum atomic E-state index is -0.525. The molecule has 1 aliphatic rings. The van der Waals surface area contributed by atoms with E-state index in [1.54, 1.807) is 17.0 Å². The van der Waals surface area contributed by atoms with Gasteiger partial charge >= 0.3 is 6.09 Å². The van der Waals surface area contributed by atoms with Crippen LogP contribution in [0.4, 0.5) is 4.79 Å². The zero-order chi connectivity index (χ0) is 18.9. The molecule has 1 aromatic carbocycles. The highest BCUT2D eigenvalue weighted by Gasteiger charge is 2.27. The van der Waals surface area contributed by atoms with E-state index < -0.39 is 11.5 Å². The van der Waals surface area contributed by atoms with E-state index >= 15 is 0 Å². The second-order valence-electron chi connectivity index (χ2n) is 7.39. The summed E-state index contributed by atoms with van der Waals surface area (Å²) in [4.78, 5) is 29.8. The monoisotopic (exact) mass is 353 g/mol. The Morgan fingerprint density at radius 2 is 1.96 bits per heavy atom. The molecule has 6 heteroatoms. The van der Waals surface area contributed by atoms with Crippen molar-refractivity contribution in [2.24, 2.45) is 5.73 Å². The highest BCUT2D eigenvalue weighted by Crippen LogP contribution is 2.30. The van der Waals surface area contributed by atoms with Gasteiger partial charge in [0.25, 0.3) is 0 Å². The van der Waals surface area contributed by atoms with E-state index in [9.17, 15) is 9.59 Å². The van der Waals surface area contributed by atoms with Crippen molar-refractivity contribution in [2.45, 2.75) is 39.3 Å². The summed E-state index contributed by atoms with van der Waals surface area (Å²) in [6, 6.07) is 9.48. The molecule has 0 radical (unpaired) electrons. The first-order valence-corrected chi connectivity index (χ1v) is 8.59. The smallest absolute Gasteiger partial charge is 0.410 e. The first kappa shape index (κ1) is 17.9. The van der Waals surface area contributed by atoms with Gasteiger partial charge in [-0.2, -0.15) is 0 Å². The highest BCUT2D eigenvalue weighted by atomic mass is 16.6. The highest BCUT2D eigenvalue weighted by molar-refractivity contribution is 5.92. The molecule has 3 rings (SSSR count). The maximum atomic E-state index is 12.4. The van der Waals surface area contributed by atoms with Crippen LogP contribution in [0, 0.1) is 0 Å². The van der Waals surface area contributed by atoms with Crippen LogP contribution in [0.15, 0.2) is 36.5 Å². The second kappa shape index (κ2) is 6.78. The number of aromatic nitrogens is 1. The van der Waals surface area contributed by atoms with Gasteiger partial charge in [-0.25, -0.2) is 4.79 Å². The summed E-state index contributed by atoms with van der Waals surface area (Å²) in [6.07, 6.45) is 1.93. The first-order chi connectivity index (χ1) is 12.2. The van der Waals surface area contributed by atoms with Crippen LogP contribution in [0.1, 0.15) is 42.3 Å². The molecule has 136 valence electrons. The fourth-order valence-corrected chi connectivity index (χ4v) is 3.00. The van der Waals surface area contributed by atoms with E-state index in [0.29, 0.717) is 18.7 Å². The van der Waals surface area contributed by atoms with Gasteiger partial charge in [0.1, 0.15) is 5.60 Å². The summed E-state index contributed by atoms with van der Waals surface area (Å²) in [5, 5.41) is 0. The fraction of sp³-hybridized carbons (Fsp3) is 0.350. The Morgan fingerprint density at radius 1 is 1.19 bits per heavy atom. The predicted octanol–water partition coefficient (Wildman–Crippen LogP) is 3.14. The Hall–Kier alpha value is -2.89. The quantitative estimate of drug-likeness (QED) is 0.899. The van der Waals surface area contributed by atoms with Gasteiger partial charge in [-0.3, -0.25) is 9.78 Å². The van der Waals surface area contributed by atoms with Crippen molar-refractivity contribution in [2.75, 3.05) is 6.54 Å². The lowest BCUT2D eigenvalue weighted by molar-refractivity contribution is 0.0224. The number of carbonyl (C=O) groups excluding carboxylic acids is 2. The second-order valence-corrected chi connectivity index (χ2v) is 7.39. The average molecular weight is 353 g/mol. The van der Waals surface area contributed by atoms with Crippen LogP contribution in [-0.2, 0) is 17.7 Å². The summed E-state index contributed by atoms with van der Waals surface area (Å²) < 4.78 is 5.50. The topological polar surface area (TPSA) is 85.5 Å². The van der Waals surface area contributed by atoms with Crippen LogP contribution in [0.5, 0.6) is 0 Å². The molecule has 1 aliphatic heterocycles. The van der Waals surface area contributed by atoms with Crippen molar-refractivity contribution in [3.8, 4) is 11.3 Å². The Morgan fingerprint density at radius 3 is 2.58 bits per heavy atom. The van der Waals surface area contributed by atoms with Crippen molar-refractivity contribution >= 4 is 12.0 Å². The number of nitrogens with zero attached hydrogens (tertiary/aromatic N) is 2. The van der Waals surface area contributed by atoms with Crippen LogP contribution < -0.4 is 5.73 Å². The van der Waals surface area contributed by atoms with Crippen molar-refractivity contribution in [1.29, 1.82) is 0 Å². The molecular formula is C20H23N3O3. The number of rotatable bonds is 2. The Balaban J connectivity index is 1.90. The van der Waals surface area contributed by atoms with Gasteiger partial charge < -0.3 is 15.4 Å². The van der Waals surface area contributed by atoms with Crippen LogP contribution in [0.2, 0.25) is 0 Å². The summed E-state index contributed by atoms with van der Waals surface area (Å²) in [6.45, 7) is 6.67. The maximum Gasteiger partial charge on any atom is 0.410 e. The third kappa shape index (κ3) is 3.85. The number of ether oxygens (including phenoxy) is 1. The summed E-state index contributed by atoms with van der Waals surface area (Å²) >= 11 is 0. The van der Waals surface area contributed by atoms with E-state index in [1.165, 1.54) is 11.8 Å². The Bertz CT molecular complexity index is 838. The van der Waals surface area contributed by atoms with Crippen LogP contribution >= 0.6 is 0 Å².